The van der Waals surface area contributed by atoms with E-state index in [1.165, 1.54) is 6.42 Å². The number of halogens is 1. The SMILES string of the molecule is COc1ccc(-c2[nH]ncc2C(=O)N2CCC3CCC(C2)N3)cc1.Cl. The molecule has 0 spiro atoms. The Morgan fingerprint density at radius 3 is 2.72 bits per heavy atom. The Kier molecular flexibility index (Phi) is 5.30. The standard InChI is InChI=1S/C18H22N4O2.ClH/c1-24-15-6-2-12(3-7-15)17-16(10-19-21-17)18(23)22-9-8-13-4-5-14(11-22)20-13;/h2-3,6-7,10,13-14,20H,4-5,8-9,11H2,1H3,(H,19,21);1H. The van der Waals surface area contributed by atoms with Crippen molar-refractivity contribution in [3.8, 4) is 17.0 Å². The molecule has 2 saturated heterocycles. The molecular formula is C18H23ClN4O2. The van der Waals surface area contributed by atoms with E-state index in [4.69, 9.17) is 4.74 Å². The fourth-order valence-corrected chi connectivity index (χ4v) is 3.72. The second-order valence-corrected chi connectivity index (χ2v) is 6.56. The number of carbonyl (C=O) groups excluding carboxylic acids is 1. The predicted octanol–water partition coefficient (Wildman–Crippen LogP) is 2.47. The number of carbonyl (C=O) groups is 1. The molecule has 25 heavy (non-hydrogen) atoms. The molecule has 3 heterocycles. The highest BCUT2D eigenvalue weighted by molar-refractivity contribution is 5.99. The molecule has 0 radical (unpaired) electrons. The molecule has 134 valence electrons. The predicted molar refractivity (Wildman–Crippen MR) is 98.3 cm³/mol. The average Bonchev–Trinajstić information content (AvgIpc) is 3.21. The fourth-order valence-electron chi connectivity index (χ4n) is 3.72. The van der Waals surface area contributed by atoms with Crippen LogP contribution in [0.3, 0.4) is 0 Å². The normalized spacial score (nSPS) is 22.2. The molecule has 0 aliphatic carbocycles. The Labute approximate surface area is 153 Å². The maximum absolute atomic E-state index is 13.0. The third kappa shape index (κ3) is 3.50. The first-order chi connectivity index (χ1) is 11.7. The molecule has 2 aliphatic heterocycles. The number of aromatic amines is 1. The van der Waals surface area contributed by atoms with Crippen LogP contribution < -0.4 is 10.1 Å². The van der Waals surface area contributed by atoms with Crippen molar-refractivity contribution in [3.05, 3.63) is 36.0 Å². The zero-order valence-electron chi connectivity index (χ0n) is 14.2. The highest BCUT2D eigenvalue weighted by atomic mass is 35.5. The van der Waals surface area contributed by atoms with Crippen LogP contribution in [0.5, 0.6) is 5.75 Å². The summed E-state index contributed by atoms with van der Waals surface area (Å²) < 4.78 is 5.19. The minimum Gasteiger partial charge on any atom is -0.497 e. The number of nitrogens with zero attached hydrogens (tertiary/aromatic N) is 2. The first-order valence-electron chi connectivity index (χ1n) is 8.47. The molecule has 7 heteroatoms. The third-order valence-electron chi connectivity index (χ3n) is 5.06. The Balaban J connectivity index is 0.00000182. The molecule has 1 aromatic carbocycles. The smallest absolute Gasteiger partial charge is 0.257 e. The van der Waals surface area contributed by atoms with Crippen LogP contribution in [0, 0.1) is 0 Å². The molecule has 2 aliphatic rings. The number of amides is 1. The first kappa shape index (κ1) is 17.8. The lowest BCUT2D eigenvalue weighted by Gasteiger charge is -2.24. The first-order valence-corrected chi connectivity index (χ1v) is 8.47. The molecular weight excluding hydrogens is 340 g/mol. The van der Waals surface area contributed by atoms with Crippen molar-refractivity contribution in [1.82, 2.24) is 20.4 Å². The van der Waals surface area contributed by atoms with Gasteiger partial charge >= 0.3 is 0 Å². The van der Waals surface area contributed by atoms with Crippen LogP contribution in [0.2, 0.25) is 0 Å². The summed E-state index contributed by atoms with van der Waals surface area (Å²) in [5.74, 6) is 0.852. The molecule has 2 aromatic rings. The minimum atomic E-state index is 0. The molecule has 4 rings (SSSR count). The monoisotopic (exact) mass is 362 g/mol. The maximum atomic E-state index is 13.0. The number of aromatic nitrogens is 2. The summed E-state index contributed by atoms with van der Waals surface area (Å²) in [5.41, 5.74) is 2.34. The number of hydrogen-bond donors (Lipinski definition) is 2. The van der Waals surface area contributed by atoms with Crippen molar-refractivity contribution < 1.29 is 9.53 Å². The summed E-state index contributed by atoms with van der Waals surface area (Å²) in [6, 6.07) is 8.65. The summed E-state index contributed by atoms with van der Waals surface area (Å²) in [4.78, 5) is 15.0. The van der Waals surface area contributed by atoms with Gasteiger partial charge in [0, 0.05) is 30.7 Å². The Morgan fingerprint density at radius 1 is 1.20 bits per heavy atom. The molecule has 2 bridgehead atoms. The van der Waals surface area contributed by atoms with Crippen LogP contribution >= 0.6 is 12.4 Å². The van der Waals surface area contributed by atoms with Crippen molar-refractivity contribution in [2.75, 3.05) is 20.2 Å². The van der Waals surface area contributed by atoms with Crippen LogP contribution in [0.25, 0.3) is 11.3 Å². The third-order valence-corrected chi connectivity index (χ3v) is 5.06. The van der Waals surface area contributed by atoms with Crippen LogP contribution in [0.4, 0.5) is 0 Å². The van der Waals surface area contributed by atoms with Gasteiger partial charge in [-0.1, -0.05) is 0 Å². The summed E-state index contributed by atoms with van der Waals surface area (Å²) in [6.07, 6.45) is 5.05. The van der Waals surface area contributed by atoms with Crippen LogP contribution in [0.15, 0.2) is 30.5 Å². The van der Waals surface area contributed by atoms with Gasteiger partial charge in [-0.05, 0) is 43.5 Å². The van der Waals surface area contributed by atoms with Crippen molar-refractivity contribution in [2.24, 2.45) is 0 Å². The topological polar surface area (TPSA) is 70.2 Å². The number of benzene rings is 1. The molecule has 0 saturated carbocycles. The van der Waals surface area contributed by atoms with E-state index < -0.39 is 0 Å². The lowest BCUT2D eigenvalue weighted by atomic mass is 10.0. The summed E-state index contributed by atoms with van der Waals surface area (Å²) in [6.45, 7) is 1.59. The van der Waals surface area contributed by atoms with Gasteiger partial charge in [0.15, 0.2) is 0 Å². The van der Waals surface area contributed by atoms with E-state index in [1.54, 1.807) is 13.3 Å². The summed E-state index contributed by atoms with van der Waals surface area (Å²) in [7, 11) is 1.64. The number of ether oxygens (including phenoxy) is 1. The molecule has 1 amide bonds. The lowest BCUT2D eigenvalue weighted by molar-refractivity contribution is 0.0749. The van der Waals surface area contributed by atoms with Gasteiger partial charge in [0.2, 0.25) is 0 Å². The number of H-pyrrole nitrogens is 1. The quantitative estimate of drug-likeness (QED) is 0.880. The number of hydrogen-bond acceptors (Lipinski definition) is 4. The zero-order valence-corrected chi connectivity index (χ0v) is 15.0. The Bertz CT molecular complexity index is 731. The number of nitrogens with one attached hydrogen (secondary N) is 2. The van der Waals surface area contributed by atoms with Gasteiger partial charge in [0.05, 0.1) is 24.6 Å². The summed E-state index contributed by atoms with van der Waals surface area (Å²) in [5, 5.41) is 10.7. The molecule has 1 aromatic heterocycles. The van der Waals surface area contributed by atoms with Crippen molar-refractivity contribution in [3.63, 3.8) is 0 Å². The molecule has 2 fully saturated rings. The van der Waals surface area contributed by atoms with Crippen molar-refractivity contribution in [1.29, 1.82) is 0 Å². The van der Waals surface area contributed by atoms with Gasteiger partial charge < -0.3 is 15.0 Å². The van der Waals surface area contributed by atoms with Crippen molar-refractivity contribution >= 4 is 18.3 Å². The van der Waals surface area contributed by atoms with Crippen molar-refractivity contribution in [2.45, 2.75) is 31.3 Å². The van der Waals surface area contributed by atoms with E-state index in [-0.39, 0.29) is 18.3 Å². The van der Waals surface area contributed by atoms with E-state index in [0.29, 0.717) is 17.6 Å². The second kappa shape index (κ2) is 7.45. The zero-order chi connectivity index (χ0) is 16.5. The van der Waals surface area contributed by atoms with Gasteiger partial charge in [-0.2, -0.15) is 5.10 Å². The lowest BCUT2D eigenvalue weighted by Crippen LogP contribution is -2.39. The molecule has 6 nitrogen and oxygen atoms in total. The van der Waals surface area contributed by atoms with E-state index in [1.807, 2.05) is 29.2 Å². The maximum Gasteiger partial charge on any atom is 0.257 e. The van der Waals surface area contributed by atoms with E-state index in [2.05, 4.69) is 15.5 Å². The second-order valence-electron chi connectivity index (χ2n) is 6.56. The van der Waals surface area contributed by atoms with Gasteiger partial charge in [-0.25, -0.2) is 0 Å². The highest BCUT2D eigenvalue weighted by Crippen LogP contribution is 2.26. The van der Waals surface area contributed by atoms with Gasteiger partial charge in [0.25, 0.3) is 5.91 Å². The molecule has 2 atom stereocenters. The Morgan fingerprint density at radius 2 is 1.96 bits per heavy atom. The molecule has 2 unspecified atom stereocenters. The van der Waals surface area contributed by atoms with Crippen LogP contribution in [-0.4, -0.2) is 53.3 Å². The summed E-state index contributed by atoms with van der Waals surface area (Å²) >= 11 is 0. The molecule has 2 N–H and O–H groups in total. The van der Waals surface area contributed by atoms with E-state index in [9.17, 15) is 4.79 Å². The largest absolute Gasteiger partial charge is 0.497 e. The Hall–Kier alpha value is -2.05. The number of fused-ring (bicyclic) bond motifs is 2. The number of methoxy groups -OCH3 is 1. The number of rotatable bonds is 3. The van der Waals surface area contributed by atoms with Gasteiger partial charge in [-0.15, -0.1) is 12.4 Å². The fraction of sp³-hybridized carbons (Fsp3) is 0.444. The van der Waals surface area contributed by atoms with Crippen LogP contribution in [0.1, 0.15) is 29.6 Å². The van der Waals surface area contributed by atoms with E-state index in [0.717, 1.165) is 42.9 Å². The average molecular weight is 363 g/mol. The van der Waals surface area contributed by atoms with Crippen LogP contribution in [-0.2, 0) is 0 Å². The van der Waals surface area contributed by atoms with Gasteiger partial charge in [0.1, 0.15) is 5.75 Å². The van der Waals surface area contributed by atoms with E-state index >= 15 is 0 Å². The minimum absolute atomic E-state index is 0. The van der Waals surface area contributed by atoms with Gasteiger partial charge in [-0.3, -0.25) is 9.89 Å². The highest BCUT2D eigenvalue weighted by Gasteiger charge is 2.32. The number of likely N-dealkylation sites (tertiary alicyclic amines) is 1.